The Morgan fingerprint density at radius 1 is 1.17 bits per heavy atom. The topological polar surface area (TPSA) is 26.3 Å². The lowest BCUT2D eigenvalue weighted by Gasteiger charge is -2.41. The molecule has 3 rings (SSSR count). The van der Waals surface area contributed by atoms with Crippen molar-refractivity contribution in [1.29, 1.82) is 0 Å². The number of benzene rings is 1. The molecule has 0 aliphatic heterocycles. The molecule has 2 aliphatic carbocycles. The molecule has 0 heterocycles. The molecule has 3 heteroatoms. The van der Waals surface area contributed by atoms with Gasteiger partial charge in [0, 0.05) is 12.3 Å². The summed E-state index contributed by atoms with van der Waals surface area (Å²) in [6.07, 6.45) is 10.0. The van der Waals surface area contributed by atoms with Crippen LogP contribution in [0.15, 0.2) is 30.3 Å². The number of ketones is 1. The maximum Gasteiger partial charge on any atom is 0.184 e. The van der Waals surface area contributed by atoms with Crippen LogP contribution in [-0.2, 0) is 14.8 Å². The summed E-state index contributed by atoms with van der Waals surface area (Å²) in [4.78, 5) is 12.4. The monoisotopic (exact) mass is 412 g/mol. The second kappa shape index (κ2) is 8.15. The third-order valence-electron chi connectivity index (χ3n) is 7.33. The molecule has 4 atom stereocenters. The van der Waals surface area contributed by atoms with Crippen LogP contribution in [0.3, 0.4) is 0 Å². The van der Waals surface area contributed by atoms with Crippen LogP contribution < -0.4 is 0 Å². The Bertz CT molecular complexity index is 756. The molecule has 160 valence electrons. The number of carbonyl (C=O) groups excluding carboxylic acids is 1. The molecule has 0 N–H and O–H groups in total. The van der Waals surface area contributed by atoms with Gasteiger partial charge in [0.05, 0.1) is 5.60 Å². The fourth-order valence-electron chi connectivity index (χ4n) is 6.05. The van der Waals surface area contributed by atoms with E-state index in [9.17, 15) is 4.79 Å². The normalized spacial score (nSPS) is 29.3. The van der Waals surface area contributed by atoms with E-state index in [1.54, 1.807) is 0 Å². The van der Waals surface area contributed by atoms with Crippen LogP contribution in [0.4, 0.5) is 0 Å². The molecule has 0 amide bonds. The van der Waals surface area contributed by atoms with Crippen molar-refractivity contribution in [2.45, 2.75) is 85.0 Å². The van der Waals surface area contributed by atoms with Crippen molar-refractivity contribution in [1.82, 2.24) is 0 Å². The molecule has 2 aliphatic rings. The third kappa shape index (κ3) is 4.94. The van der Waals surface area contributed by atoms with Crippen LogP contribution in [0.2, 0.25) is 19.6 Å². The van der Waals surface area contributed by atoms with Crippen molar-refractivity contribution in [2.75, 3.05) is 0 Å². The maximum absolute atomic E-state index is 12.4. The molecule has 1 unspecified atom stereocenters. The van der Waals surface area contributed by atoms with Crippen molar-refractivity contribution in [3.05, 3.63) is 41.5 Å². The van der Waals surface area contributed by atoms with E-state index in [0.29, 0.717) is 23.5 Å². The number of Topliss-reactive ketones (excluding diaryl/α,β-unsaturated/α-hetero) is 1. The standard InChI is InChI=1S/C26H40O2Si/c1-19(22-16-17-23-24(27)9-8-18-26(22,23)4)10-11-20-12-14-21(15-13-20)25(2,3)28-29(5,6)7/h10-15,19,22-23H,8-9,16-18H2,1-7H3/b11-10+/t19-,22-,23?,26-/m1/s1. The maximum atomic E-state index is 12.4. The van der Waals surface area contributed by atoms with Crippen LogP contribution in [-0.4, -0.2) is 14.1 Å². The van der Waals surface area contributed by atoms with E-state index in [4.69, 9.17) is 4.43 Å². The van der Waals surface area contributed by atoms with Gasteiger partial charge in [-0.25, -0.2) is 0 Å². The Labute approximate surface area is 179 Å². The fraction of sp³-hybridized carbons (Fsp3) is 0.654. The predicted molar refractivity (Wildman–Crippen MR) is 125 cm³/mol. The zero-order chi connectivity index (χ0) is 21.4. The van der Waals surface area contributed by atoms with Crippen molar-refractivity contribution < 1.29 is 9.22 Å². The first-order valence-corrected chi connectivity index (χ1v) is 14.8. The first-order chi connectivity index (χ1) is 13.4. The van der Waals surface area contributed by atoms with Gasteiger partial charge in [0.15, 0.2) is 8.32 Å². The summed E-state index contributed by atoms with van der Waals surface area (Å²) >= 11 is 0. The van der Waals surface area contributed by atoms with Crippen LogP contribution >= 0.6 is 0 Å². The van der Waals surface area contributed by atoms with Gasteiger partial charge in [0.1, 0.15) is 5.78 Å². The highest BCUT2D eigenvalue weighted by atomic mass is 28.4. The highest BCUT2D eigenvalue weighted by Gasteiger charge is 2.51. The summed E-state index contributed by atoms with van der Waals surface area (Å²) < 4.78 is 6.38. The largest absolute Gasteiger partial charge is 0.409 e. The minimum atomic E-state index is -1.60. The zero-order valence-corrected chi connectivity index (χ0v) is 20.5. The predicted octanol–water partition coefficient (Wildman–Crippen LogP) is 7.21. The quantitative estimate of drug-likeness (QED) is 0.461. The van der Waals surface area contributed by atoms with Gasteiger partial charge < -0.3 is 4.43 Å². The Morgan fingerprint density at radius 2 is 1.83 bits per heavy atom. The minimum Gasteiger partial charge on any atom is -0.409 e. The second-order valence-corrected chi connectivity index (χ2v) is 15.6. The molecule has 1 aromatic rings. The molecule has 1 aromatic carbocycles. The number of rotatable bonds is 6. The van der Waals surface area contributed by atoms with Crippen LogP contribution in [0.5, 0.6) is 0 Å². The number of allylic oxidation sites excluding steroid dienone is 1. The number of carbonyl (C=O) groups is 1. The van der Waals surface area contributed by atoms with Crippen LogP contribution in [0, 0.1) is 23.2 Å². The number of hydrogen-bond acceptors (Lipinski definition) is 2. The van der Waals surface area contributed by atoms with E-state index in [-0.39, 0.29) is 11.0 Å². The molecule has 2 nitrogen and oxygen atoms in total. The minimum absolute atomic E-state index is 0.209. The summed E-state index contributed by atoms with van der Waals surface area (Å²) in [5.41, 5.74) is 2.43. The van der Waals surface area contributed by atoms with Crippen molar-refractivity contribution in [3.63, 3.8) is 0 Å². The molecule has 0 spiro atoms. The lowest BCUT2D eigenvalue weighted by Crippen LogP contribution is -2.39. The van der Waals surface area contributed by atoms with E-state index in [1.807, 2.05) is 0 Å². The fourth-order valence-corrected chi connectivity index (χ4v) is 7.70. The number of hydrogen-bond donors (Lipinski definition) is 0. The molecule has 2 saturated carbocycles. The summed E-state index contributed by atoms with van der Waals surface area (Å²) in [7, 11) is -1.60. The summed E-state index contributed by atoms with van der Waals surface area (Å²) in [6.45, 7) is 15.8. The van der Waals surface area contributed by atoms with Crippen LogP contribution in [0.1, 0.15) is 70.9 Å². The lowest BCUT2D eigenvalue weighted by molar-refractivity contribution is -0.129. The SMILES string of the molecule is C[C@H](/C=C/c1ccc(C(C)(C)O[Si](C)(C)C)cc1)[C@H]1CCC2C(=O)CCC[C@@]21C. The first-order valence-electron chi connectivity index (χ1n) is 11.4. The van der Waals surface area contributed by atoms with E-state index in [0.717, 1.165) is 19.3 Å². The second-order valence-electron chi connectivity index (χ2n) is 11.1. The zero-order valence-electron chi connectivity index (χ0n) is 19.5. The molecule has 0 bridgehead atoms. The van der Waals surface area contributed by atoms with E-state index >= 15 is 0 Å². The van der Waals surface area contributed by atoms with Crippen molar-refractivity contribution >= 4 is 20.2 Å². The molecular formula is C26H40O2Si. The molecule has 29 heavy (non-hydrogen) atoms. The molecular weight excluding hydrogens is 372 g/mol. The molecule has 2 fully saturated rings. The highest BCUT2D eigenvalue weighted by molar-refractivity contribution is 6.69. The van der Waals surface area contributed by atoms with E-state index in [2.05, 4.69) is 83.8 Å². The van der Waals surface area contributed by atoms with Gasteiger partial charge >= 0.3 is 0 Å². The Kier molecular flexibility index (Phi) is 6.32. The van der Waals surface area contributed by atoms with Gasteiger partial charge in [-0.2, -0.15) is 0 Å². The summed E-state index contributed by atoms with van der Waals surface area (Å²) in [5, 5.41) is 0. The van der Waals surface area contributed by atoms with Crippen molar-refractivity contribution in [3.8, 4) is 0 Å². The Balaban J connectivity index is 1.68. The van der Waals surface area contributed by atoms with Gasteiger partial charge in [-0.1, -0.05) is 50.3 Å². The summed E-state index contributed by atoms with van der Waals surface area (Å²) in [5.74, 6) is 1.96. The molecule has 0 radical (unpaired) electrons. The summed E-state index contributed by atoms with van der Waals surface area (Å²) in [6, 6.07) is 8.82. The van der Waals surface area contributed by atoms with Gasteiger partial charge in [-0.3, -0.25) is 4.79 Å². The molecule has 0 aromatic heterocycles. The third-order valence-corrected chi connectivity index (χ3v) is 8.45. The Morgan fingerprint density at radius 3 is 2.45 bits per heavy atom. The average Bonchev–Trinajstić information content (AvgIpc) is 2.96. The van der Waals surface area contributed by atoms with Gasteiger partial charge in [-0.05, 0) is 87.5 Å². The van der Waals surface area contributed by atoms with E-state index < -0.39 is 8.32 Å². The highest BCUT2D eigenvalue weighted by Crippen LogP contribution is 2.56. The lowest BCUT2D eigenvalue weighted by atomic mass is 9.62. The Hall–Kier alpha value is -1.19. The molecule has 0 saturated heterocycles. The van der Waals surface area contributed by atoms with E-state index in [1.165, 1.54) is 24.0 Å². The first kappa shape index (κ1) is 22.5. The van der Waals surface area contributed by atoms with Gasteiger partial charge in [0.2, 0.25) is 0 Å². The average molecular weight is 413 g/mol. The number of fused-ring (bicyclic) bond motifs is 1. The van der Waals surface area contributed by atoms with Gasteiger partial charge in [-0.15, -0.1) is 0 Å². The van der Waals surface area contributed by atoms with Crippen molar-refractivity contribution in [2.24, 2.45) is 23.2 Å². The smallest absolute Gasteiger partial charge is 0.184 e. The van der Waals surface area contributed by atoms with Crippen LogP contribution in [0.25, 0.3) is 6.08 Å². The van der Waals surface area contributed by atoms with Gasteiger partial charge in [0.25, 0.3) is 0 Å².